The maximum atomic E-state index is 11.1. The van der Waals surface area contributed by atoms with Gasteiger partial charge in [-0.2, -0.15) is 4.99 Å². The number of urea groups is 1. The van der Waals surface area contributed by atoms with Crippen LogP contribution in [0.4, 0.5) is 4.79 Å². The standard InChI is InChI=1S/C9H10N2O2/c1-5-4-8(12)6(2)3-7(5)11-9(10)13/h3-4H,1-2H3,(H2,10,13). The van der Waals surface area contributed by atoms with Crippen LogP contribution in [0.3, 0.4) is 0 Å². The van der Waals surface area contributed by atoms with Gasteiger partial charge in [-0.15, -0.1) is 0 Å². The highest BCUT2D eigenvalue weighted by atomic mass is 16.2. The fraction of sp³-hybridized carbons (Fsp3) is 0.222. The van der Waals surface area contributed by atoms with Gasteiger partial charge >= 0.3 is 6.03 Å². The van der Waals surface area contributed by atoms with E-state index in [0.717, 1.165) is 0 Å². The number of nitrogens with two attached hydrogens (primary N) is 1. The number of hydrogen-bond acceptors (Lipinski definition) is 2. The second-order valence-corrected chi connectivity index (χ2v) is 2.85. The van der Waals surface area contributed by atoms with Gasteiger partial charge < -0.3 is 5.73 Å². The van der Waals surface area contributed by atoms with Gasteiger partial charge in [-0.1, -0.05) is 0 Å². The Kier molecular flexibility index (Phi) is 2.41. The molecule has 68 valence electrons. The molecular formula is C9H10N2O2. The van der Waals surface area contributed by atoms with Gasteiger partial charge in [0.2, 0.25) is 0 Å². The molecule has 0 unspecified atom stereocenters. The molecule has 0 saturated heterocycles. The fourth-order valence-electron chi connectivity index (χ4n) is 1.01. The van der Waals surface area contributed by atoms with Crippen molar-refractivity contribution in [1.82, 2.24) is 0 Å². The molecule has 0 fully saturated rings. The van der Waals surface area contributed by atoms with Crippen LogP contribution in [0.2, 0.25) is 0 Å². The molecule has 4 heteroatoms. The molecule has 0 atom stereocenters. The maximum absolute atomic E-state index is 11.1. The number of amides is 2. The lowest BCUT2D eigenvalue weighted by molar-refractivity contribution is -0.111. The Morgan fingerprint density at radius 2 is 1.92 bits per heavy atom. The highest BCUT2D eigenvalue weighted by molar-refractivity contribution is 6.23. The van der Waals surface area contributed by atoms with E-state index in [9.17, 15) is 9.59 Å². The fourth-order valence-corrected chi connectivity index (χ4v) is 1.01. The van der Waals surface area contributed by atoms with Gasteiger partial charge in [0, 0.05) is 0 Å². The van der Waals surface area contributed by atoms with Crippen LogP contribution in [-0.4, -0.2) is 17.5 Å². The van der Waals surface area contributed by atoms with Crippen molar-refractivity contribution in [3.05, 3.63) is 23.3 Å². The van der Waals surface area contributed by atoms with Crippen LogP contribution in [0.5, 0.6) is 0 Å². The van der Waals surface area contributed by atoms with E-state index in [1.165, 1.54) is 6.08 Å². The van der Waals surface area contributed by atoms with Crippen molar-refractivity contribution in [2.75, 3.05) is 0 Å². The number of carbonyl (C=O) groups excluding carboxylic acids is 2. The SMILES string of the molecule is CC1=CC(=NC(N)=O)C(C)=CC1=O. The summed E-state index contributed by atoms with van der Waals surface area (Å²) in [4.78, 5) is 25.2. The van der Waals surface area contributed by atoms with Crippen molar-refractivity contribution >= 4 is 17.5 Å². The van der Waals surface area contributed by atoms with Crippen LogP contribution in [-0.2, 0) is 4.79 Å². The molecule has 4 nitrogen and oxygen atoms in total. The molecule has 0 bridgehead atoms. The predicted molar refractivity (Wildman–Crippen MR) is 49.5 cm³/mol. The van der Waals surface area contributed by atoms with E-state index in [2.05, 4.69) is 4.99 Å². The first-order valence-electron chi connectivity index (χ1n) is 3.80. The third-order valence-corrected chi connectivity index (χ3v) is 1.72. The molecule has 0 aliphatic heterocycles. The zero-order valence-electron chi connectivity index (χ0n) is 7.50. The molecular weight excluding hydrogens is 168 g/mol. The van der Waals surface area contributed by atoms with Crippen LogP contribution >= 0.6 is 0 Å². The van der Waals surface area contributed by atoms with Crippen LogP contribution in [0.15, 0.2) is 28.3 Å². The number of allylic oxidation sites excluding steroid dienone is 4. The predicted octanol–water partition coefficient (Wildman–Crippen LogP) is 0.981. The number of hydrogen-bond donors (Lipinski definition) is 1. The lowest BCUT2D eigenvalue weighted by atomic mass is 9.99. The second kappa shape index (κ2) is 3.35. The number of rotatable bonds is 0. The number of aliphatic imine (C=N–C) groups is 1. The largest absolute Gasteiger partial charge is 0.350 e. The first-order chi connectivity index (χ1) is 6.00. The summed E-state index contributed by atoms with van der Waals surface area (Å²) in [5.41, 5.74) is 6.58. The van der Waals surface area contributed by atoms with E-state index in [1.54, 1.807) is 19.9 Å². The molecule has 0 heterocycles. The van der Waals surface area contributed by atoms with E-state index in [4.69, 9.17) is 5.73 Å². The molecule has 1 aliphatic carbocycles. The van der Waals surface area contributed by atoms with Gasteiger partial charge in [0.05, 0.1) is 5.71 Å². The van der Waals surface area contributed by atoms with Crippen LogP contribution in [0.1, 0.15) is 13.8 Å². The Bertz CT molecular complexity index is 362. The van der Waals surface area contributed by atoms with E-state index < -0.39 is 6.03 Å². The molecule has 1 rings (SSSR count). The Labute approximate surface area is 75.8 Å². The molecule has 13 heavy (non-hydrogen) atoms. The van der Waals surface area contributed by atoms with E-state index in [-0.39, 0.29) is 5.78 Å². The van der Waals surface area contributed by atoms with E-state index in [1.807, 2.05) is 0 Å². The Balaban J connectivity index is 3.09. The van der Waals surface area contributed by atoms with Crippen molar-refractivity contribution in [1.29, 1.82) is 0 Å². The summed E-state index contributed by atoms with van der Waals surface area (Å²) in [5, 5.41) is 0. The number of ketones is 1. The first-order valence-corrected chi connectivity index (χ1v) is 3.80. The van der Waals surface area contributed by atoms with Gasteiger partial charge in [-0.25, -0.2) is 4.79 Å². The highest BCUT2D eigenvalue weighted by Gasteiger charge is 2.12. The summed E-state index contributed by atoms with van der Waals surface area (Å²) in [5.74, 6) is -0.0547. The monoisotopic (exact) mass is 178 g/mol. The topological polar surface area (TPSA) is 72.5 Å². The highest BCUT2D eigenvalue weighted by Crippen LogP contribution is 2.11. The van der Waals surface area contributed by atoms with Crippen molar-refractivity contribution in [3.8, 4) is 0 Å². The third-order valence-electron chi connectivity index (χ3n) is 1.72. The zero-order valence-corrected chi connectivity index (χ0v) is 7.50. The van der Waals surface area contributed by atoms with E-state index >= 15 is 0 Å². The quantitative estimate of drug-likeness (QED) is 0.561. The van der Waals surface area contributed by atoms with Crippen LogP contribution in [0.25, 0.3) is 0 Å². The minimum atomic E-state index is -0.749. The summed E-state index contributed by atoms with van der Waals surface area (Å²) >= 11 is 0. The number of carbonyl (C=O) groups is 2. The second-order valence-electron chi connectivity index (χ2n) is 2.85. The Hall–Kier alpha value is -1.71. The summed E-state index contributed by atoms with van der Waals surface area (Å²) in [6.07, 6.45) is 3.00. The average molecular weight is 178 g/mol. The molecule has 0 aromatic rings. The Morgan fingerprint density at radius 1 is 1.31 bits per heavy atom. The van der Waals surface area contributed by atoms with Crippen molar-refractivity contribution in [3.63, 3.8) is 0 Å². The third kappa shape index (κ3) is 2.11. The summed E-state index contributed by atoms with van der Waals surface area (Å²) < 4.78 is 0. The number of nitrogens with zero attached hydrogens (tertiary/aromatic N) is 1. The van der Waals surface area contributed by atoms with Crippen molar-refractivity contribution in [2.24, 2.45) is 10.7 Å². The smallest absolute Gasteiger partial charge is 0.338 e. The average Bonchev–Trinajstić information content (AvgIpc) is 1.99. The minimum Gasteiger partial charge on any atom is -0.350 e. The van der Waals surface area contributed by atoms with Gasteiger partial charge in [0.15, 0.2) is 5.78 Å². The van der Waals surface area contributed by atoms with Crippen LogP contribution < -0.4 is 5.73 Å². The van der Waals surface area contributed by atoms with Gasteiger partial charge in [-0.3, -0.25) is 4.79 Å². The number of primary amides is 1. The molecule has 1 aliphatic rings. The van der Waals surface area contributed by atoms with E-state index in [0.29, 0.717) is 16.9 Å². The zero-order chi connectivity index (χ0) is 10.0. The summed E-state index contributed by atoms with van der Waals surface area (Å²) in [7, 11) is 0. The first kappa shape index (κ1) is 9.38. The van der Waals surface area contributed by atoms with Gasteiger partial charge in [0.25, 0.3) is 0 Å². The molecule has 0 aromatic heterocycles. The molecule has 2 amide bonds. The lowest BCUT2D eigenvalue weighted by Crippen LogP contribution is -2.14. The molecule has 0 radical (unpaired) electrons. The molecule has 0 aromatic carbocycles. The van der Waals surface area contributed by atoms with Crippen molar-refractivity contribution in [2.45, 2.75) is 13.8 Å². The summed E-state index contributed by atoms with van der Waals surface area (Å²) in [6, 6.07) is -0.749. The van der Waals surface area contributed by atoms with Gasteiger partial charge in [0.1, 0.15) is 0 Å². The van der Waals surface area contributed by atoms with Gasteiger partial charge in [-0.05, 0) is 37.1 Å². The molecule has 0 spiro atoms. The Morgan fingerprint density at radius 3 is 2.46 bits per heavy atom. The normalized spacial score (nSPS) is 19.8. The van der Waals surface area contributed by atoms with Crippen molar-refractivity contribution < 1.29 is 9.59 Å². The minimum absolute atomic E-state index is 0.0547. The maximum Gasteiger partial charge on any atom is 0.338 e. The van der Waals surface area contributed by atoms with Crippen LogP contribution in [0, 0.1) is 0 Å². The molecule has 0 saturated carbocycles. The summed E-state index contributed by atoms with van der Waals surface area (Å²) in [6.45, 7) is 3.38. The molecule has 2 N–H and O–H groups in total. The lowest BCUT2D eigenvalue weighted by Gasteiger charge is -2.07.